The standard InChI is InChI=1S/C12H24N2O2/c1-4-12(5-2)8-10(6-7-16-12)14-11(15)9(3)13/h9-10H,4-8,13H2,1-3H3,(H,14,15). The normalized spacial score (nSPS) is 26.1. The topological polar surface area (TPSA) is 64.4 Å². The summed E-state index contributed by atoms with van der Waals surface area (Å²) in [5, 5.41) is 3.00. The highest BCUT2D eigenvalue weighted by Crippen LogP contribution is 2.31. The van der Waals surface area contributed by atoms with Crippen molar-refractivity contribution in [1.29, 1.82) is 0 Å². The molecule has 4 nitrogen and oxygen atoms in total. The van der Waals surface area contributed by atoms with Gasteiger partial charge in [0.1, 0.15) is 0 Å². The maximum Gasteiger partial charge on any atom is 0.236 e. The molecule has 1 saturated heterocycles. The largest absolute Gasteiger partial charge is 0.375 e. The van der Waals surface area contributed by atoms with Gasteiger partial charge in [0.2, 0.25) is 5.91 Å². The van der Waals surface area contributed by atoms with Crippen LogP contribution in [0.2, 0.25) is 0 Å². The first-order chi connectivity index (χ1) is 7.53. The van der Waals surface area contributed by atoms with E-state index in [1.165, 1.54) is 0 Å². The summed E-state index contributed by atoms with van der Waals surface area (Å²) in [6.45, 7) is 6.71. The minimum absolute atomic E-state index is 0.0476. The van der Waals surface area contributed by atoms with E-state index in [9.17, 15) is 4.79 Å². The second kappa shape index (κ2) is 5.64. The SMILES string of the molecule is CCC1(CC)CC(NC(=O)C(C)N)CCO1. The van der Waals surface area contributed by atoms with E-state index in [0.717, 1.165) is 32.3 Å². The predicted octanol–water partition coefficient (Wildman–Crippen LogP) is 1.19. The molecule has 1 aliphatic heterocycles. The Kier molecular flexibility index (Phi) is 4.74. The van der Waals surface area contributed by atoms with Crippen molar-refractivity contribution in [3.63, 3.8) is 0 Å². The second-order valence-corrected chi connectivity index (χ2v) is 4.73. The molecule has 4 heteroatoms. The highest BCUT2D eigenvalue weighted by Gasteiger charge is 2.35. The van der Waals surface area contributed by atoms with Crippen molar-refractivity contribution in [2.45, 2.75) is 64.1 Å². The number of carbonyl (C=O) groups excluding carboxylic acids is 1. The van der Waals surface area contributed by atoms with E-state index in [0.29, 0.717) is 0 Å². The molecule has 1 fully saturated rings. The van der Waals surface area contributed by atoms with Crippen LogP contribution in [0, 0.1) is 0 Å². The van der Waals surface area contributed by atoms with Gasteiger partial charge in [0.15, 0.2) is 0 Å². The Labute approximate surface area is 97.9 Å². The number of rotatable bonds is 4. The monoisotopic (exact) mass is 228 g/mol. The Morgan fingerprint density at radius 1 is 1.56 bits per heavy atom. The quantitative estimate of drug-likeness (QED) is 0.759. The summed E-state index contributed by atoms with van der Waals surface area (Å²) in [7, 11) is 0. The average Bonchev–Trinajstić information content (AvgIpc) is 2.29. The van der Waals surface area contributed by atoms with Crippen LogP contribution in [0.3, 0.4) is 0 Å². The molecule has 0 spiro atoms. The third-order valence-corrected chi connectivity index (χ3v) is 3.54. The number of nitrogens with one attached hydrogen (secondary N) is 1. The molecule has 0 bridgehead atoms. The second-order valence-electron chi connectivity index (χ2n) is 4.73. The van der Waals surface area contributed by atoms with Gasteiger partial charge in [-0.15, -0.1) is 0 Å². The van der Waals surface area contributed by atoms with Crippen molar-refractivity contribution in [2.24, 2.45) is 5.73 Å². The van der Waals surface area contributed by atoms with Crippen LogP contribution in [0.15, 0.2) is 0 Å². The Morgan fingerprint density at radius 2 is 2.19 bits per heavy atom. The number of hydrogen-bond donors (Lipinski definition) is 2. The van der Waals surface area contributed by atoms with Crippen LogP contribution in [-0.4, -0.2) is 30.2 Å². The first kappa shape index (κ1) is 13.5. The van der Waals surface area contributed by atoms with E-state index < -0.39 is 6.04 Å². The Bertz CT molecular complexity index is 237. The lowest BCUT2D eigenvalue weighted by atomic mass is 9.86. The highest BCUT2D eigenvalue weighted by atomic mass is 16.5. The molecule has 3 N–H and O–H groups in total. The van der Waals surface area contributed by atoms with E-state index >= 15 is 0 Å². The Balaban J connectivity index is 2.53. The van der Waals surface area contributed by atoms with Gasteiger partial charge >= 0.3 is 0 Å². The third-order valence-electron chi connectivity index (χ3n) is 3.54. The van der Waals surface area contributed by atoms with Gasteiger partial charge < -0.3 is 15.8 Å². The Hall–Kier alpha value is -0.610. The minimum atomic E-state index is -0.430. The summed E-state index contributed by atoms with van der Waals surface area (Å²) < 4.78 is 5.85. The average molecular weight is 228 g/mol. The molecule has 0 aromatic rings. The maximum absolute atomic E-state index is 11.5. The molecule has 0 radical (unpaired) electrons. The smallest absolute Gasteiger partial charge is 0.236 e. The van der Waals surface area contributed by atoms with Gasteiger partial charge in [0.25, 0.3) is 0 Å². The van der Waals surface area contributed by atoms with Gasteiger partial charge in [-0.25, -0.2) is 0 Å². The molecule has 1 aliphatic rings. The molecule has 0 aromatic carbocycles. The number of hydrogen-bond acceptors (Lipinski definition) is 3. The van der Waals surface area contributed by atoms with Crippen LogP contribution < -0.4 is 11.1 Å². The van der Waals surface area contributed by atoms with Crippen LogP contribution >= 0.6 is 0 Å². The number of carbonyl (C=O) groups is 1. The predicted molar refractivity (Wildman–Crippen MR) is 64.1 cm³/mol. The van der Waals surface area contributed by atoms with Crippen molar-refractivity contribution >= 4 is 5.91 Å². The highest BCUT2D eigenvalue weighted by molar-refractivity contribution is 5.81. The molecule has 0 aromatic heterocycles. The van der Waals surface area contributed by atoms with Crippen LogP contribution in [0.4, 0.5) is 0 Å². The molecule has 1 amide bonds. The van der Waals surface area contributed by atoms with Crippen LogP contribution in [-0.2, 0) is 9.53 Å². The molecule has 1 heterocycles. The van der Waals surface area contributed by atoms with Gasteiger partial charge in [0.05, 0.1) is 11.6 Å². The zero-order valence-corrected chi connectivity index (χ0v) is 10.6. The first-order valence-corrected chi connectivity index (χ1v) is 6.23. The first-order valence-electron chi connectivity index (χ1n) is 6.23. The lowest BCUT2D eigenvalue weighted by molar-refractivity contribution is -0.126. The molecular weight excluding hydrogens is 204 g/mol. The van der Waals surface area contributed by atoms with Crippen LogP contribution in [0.1, 0.15) is 46.5 Å². The lowest BCUT2D eigenvalue weighted by Crippen LogP contribution is -2.51. The van der Waals surface area contributed by atoms with Gasteiger partial charge in [-0.3, -0.25) is 4.79 Å². The van der Waals surface area contributed by atoms with Gasteiger partial charge in [-0.2, -0.15) is 0 Å². The van der Waals surface area contributed by atoms with Gasteiger partial charge in [0, 0.05) is 12.6 Å². The fourth-order valence-corrected chi connectivity index (χ4v) is 2.23. The summed E-state index contributed by atoms with van der Waals surface area (Å²) in [4.78, 5) is 11.5. The van der Waals surface area contributed by atoms with Crippen LogP contribution in [0.25, 0.3) is 0 Å². The van der Waals surface area contributed by atoms with Crippen molar-refractivity contribution in [2.75, 3.05) is 6.61 Å². The lowest BCUT2D eigenvalue weighted by Gasteiger charge is -2.40. The van der Waals surface area contributed by atoms with E-state index in [2.05, 4.69) is 19.2 Å². The van der Waals surface area contributed by atoms with Crippen molar-refractivity contribution in [1.82, 2.24) is 5.32 Å². The molecule has 1 rings (SSSR count). The number of nitrogens with two attached hydrogens (primary N) is 1. The summed E-state index contributed by atoms with van der Waals surface area (Å²) in [5.41, 5.74) is 5.49. The summed E-state index contributed by atoms with van der Waals surface area (Å²) in [6.07, 6.45) is 3.78. The molecule has 16 heavy (non-hydrogen) atoms. The van der Waals surface area contributed by atoms with E-state index in [1.54, 1.807) is 6.92 Å². The van der Waals surface area contributed by atoms with Crippen molar-refractivity contribution < 1.29 is 9.53 Å². The van der Waals surface area contributed by atoms with Gasteiger partial charge in [-0.05, 0) is 32.6 Å². The van der Waals surface area contributed by atoms with Crippen molar-refractivity contribution in [3.05, 3.63) is 0 Å². The van der Waals surface area contributed by atoms with Crippen LogP contribution in [0.5, 0.6) is 0 Å². The van der Waals surface area contributed by atoms with Gasteiger partial charge in [-0.1, -0.05) is 13.8 Å². The molecular formula is C12H24N2O2. The minimum Gasteiger partial charge on any atom is -0.375 e. The summed E-state index contributed by atoms with van der Waals surface area (Å²) >= 11 is 0. The zero-order chi connectivity index (χ0) is 12.2. The van der Waals surface area contributed by atoms with Crippen molar-refractivity contribution in [3.8, 4) is 0 Å². The molecule has 94 valence electrons. The molecule has 2 atom stereocenters. The summed E-state index contributed by atoms with van der Waals surface area (Å²) in [5.74, 6) is -0.0620. The van der Waals surface area contributed by atoms with E-state index in [4.69, 9.17) is 10.5 Å². The fourth-order valence-electron chi connectivity index (χ4n) is 2.23. The Morgan fingerprint density at radius 3 is 2.69 bits per heavy atom. The number of ether oxygens (including phenoxy) is 1. The maximum atomic E-state index is 11.5. The summed E-state index contributed by atoms with van der Waals surface area (Å²) in [6, 6.07) is -0.215. The molecule has 0 aliphatic carbocycles. The number of amides is 1. The van der Waals surface area contributed by atoms with E-state index in [-0.39, 0.29) is 17.6 Å². The molecule has 0 saturated carbocycles. The zero-order valence-electron chi connectivity index (χ0n) is 10.6. The third kappa shape index (κ3) is 3.19. The fraction of sp³-hybridized carbons (Fsp3) is 0.917. The molecule has 2 unspecified atom stereocenters. The van der Waals surface area contributed by atoms with E-state index in [1.807, 2.05) is 0 Å².